The van der Waals surface area contributed by atoms with Crippen LogP contribution in [-0.2, 0) is 19.4 Å². The summed E-state index contributed by atoms with van der Waals surface area (Å²) < 4.78 is 12.1. The molecule has 0 radical (unpaired) electrons. The number of ether oxygens (including phenoxy) is 2. The monoisotopic (exact) mass is 383 g/mol. The van der Waals surface area contributed by atoms with Crippen molar-refractivity contribution in [3.8, 4) is 11.5 Å². The van der Waals surface area contributed by atoms with Crippen LogP contribution in [0.15, 0.2) is 29.1 Å². The zero-order valence-corrected chi connectivity index (χ0v) is 16.1. The van der Waals surface area contributed by atoms with Gasteiger partial charge in [-0.25, -0.2) is 4.68 Å². The first-order valence-corrected chi connectivity index (χ1v) is 9.94. The molecule has 0 saturated carbocycles. The summed E-state index contributed by atoms with van der Waals surface area (Å²) in [5.74, 6) is 1.02. The third-order valence-electron chi connectivity index (χ3n) is 5.38. The van der Waals surface area contributed by atoms with Crippen molar-refractivity contribution in [2.45, 2.75) is 58.0 Å². The van der Waals surface area contributed by atoms with Gasteiger partial charge in [-0.05, 0) is 55.9 Å². The minimum atomic E-state index is -0.201. The summed E-state index contributed by atoms with van der Waals surface area (Å²) in [6.45, 7) is 2.52. The van der Waals surface area contributed by atoms with Crippen molar-refractivity contribution in [2.75, 3.05) is 6.79 Å². The summed E-state index contributed by atoms with van der Waals surface area (Å²) >= 11 is 0. The van der Waals surface area contributed by atoms with E-state index in [0.29, 0.717) is 30.0 Å². The fourth-order valence-electron chi connectivity index (χ4n) is 3.70. The van der Waals surface area contributed by atoms with Gasteiger partial charge < -0.3 is 14.8 Å². The molecule has 1 N–H and O–H groups in total. The molecular formula is C21H25N3O4. The van der Waals surface area contributed by atoms with Crippen molar-refractivity contribution in [1.29, 1.82) is 0 Å². The third kappa shape index (κ3) is 3.88. The lowest BCUT2D eigenvalue weighted by molar-refractivity contribution is 0.0930. The molecule has 0 unspecified atom stereocenters. The van der Waals surface area contributed by atoms with Crippen molar-refractivity contribution < 1.29 is 14.3 Å². The molecule has 2 heterocycles. The van der Waals surface area contributed by atoms with E-state index in [4.69, 9.17) is 9.47 Å². The number of hydrogen-bond donors (Lipinski definition) is 1. The maximum absolute atomic E-state index is 12.7. The van der Waals surface area contributed by atoms with Gasteiger partial charge in [-0.3, -0.25) is 9.59 Å². The Balaban J connectivity index is 1.48. The highest BCUT2D eigenvalue weighted by Crippen LogP contribution is 2.32. The van der Waals surface area contributed by atoms with Crippen LogP contribution in [-0.4, -0.2) is 28.5 Å². The average Bonchev–Trinajstić information content (AvgIpc) is 3.06. The lowest BCUT2D eigenvalue weighted by Gasteiger charge is -2.19. The lowest BCUT2D eigenvalue weighted by Crippen LogP contribution is -2.40. The van der Waals surface area contributed by atoms with Crippen LogP contribution in [0.1, 0.15) is 54.2 Å². The normalized spacial score (nSPS) is 16.2. The average molecular weight is 383 g/mol. The highest BCUT2D eigenvalue weighted by Gasteiger charge is 2.19. The largest absolute Gasteiger partial charge is 0.454 e. The van der Waals surface area contributed by atoms with Crippen molar-refractivity contribution in [2.24, 2.45) is 0 Å². The molecule has 0 saturated heterocycles. The molecule has 0 bridgehead atoms. The SMILES string of the molecule is CC[C@@H](Cn1nc2c(cc1=O)CCCCC2)NC(=O)c1ccc2c(c1)OCO2. The van der Waals surface area contributed by atoms with E-state index in [0.717, 1.165) is 36.9 Å². The summed E-state index contributed by atoms with van der Waals surface area (Å²) in [6.07, 6.45) is 5.93. The second-order valence-corrected chi connectivity index (χ2v) is 7.34. The van der Waals surface area contributed by atoms with Gasteiger partial charge in [0.1, 0.15) is 0 Å². The molecule has 28 heavy (non-hydrogen) atoms. The van der Waals surface area contributed by atoms with Gasteiger partial charge in [-0.1, -0.05) is 13.3 Å². The summed E-state index contributed by atoms with van der Waals surface area (Å²) in [5.41, 5.74) is 2.51. The predicted molar refractivity (Wildman–Crippen MR) is 104 cm³/mol. The standard InChI is InChI=1S/C21H25N3O4/c1-2-16(22-21(26)15-8-9-18-19(10-15)28-13-27-18)12-24-20(25)11-14-6-4-3-5-7-17(14)23-24/h8-11,16H,2-7,12-13H2,1H3,(H,22,26)/t16-/m0/s1. The molecule has 1 aliphatic carbocycles. The van der Waals surface area contributed by atoms with Crippen LogP contribution in [0.5, 0.6) is 11.5 Å². The Labute approximate surface area is 163 Å². The molecule has 1 aromatic carbocycles. The summed E-state index contributed by atoms with van der Waals surface area (Å²) in [6, 6.07) is 6.66. The number of rotatable bonds is 5. The molecule has 1 amide bonds. The first kappa shape index (κ1) is 18.5. The van der Waals surface area contributed by atoms with Gasteiger partial charge in [-0.2, -0.15) is 5.10 Å². The first-order chi connectivity index (χ1) is 13.6. The van der Waals surface area contributed by atoms with E-state index in [1.165, 1.54) is 11.1 Å². The first-order valence-electron chi connectivity index (χ1n) is 9.94. The molecule has 1 aliphatic heterocycles. The maximum atomic E-state index is 12.7. The van der Waals surface area contributed by atoms with Crippen LogP contribution in [0, 0.1) is 0 Å². The molecular weight excluding hydrogens is 358 g/mol. The van der Waals surface area contributed by atoms with E-state index >= 15 is 0 Å². The molecule has 2 aliphatic rings. The number of fused-ring (bicyclic) bond motifs is 2. The summed E-state index contributed by atoms with van der Waals surface area (Å²) in [7, 11) is 0. The van der Waals surface area contributed by atoms with Crippen LogP contribution in [0.25, 0.3) is 0 Å². The Kier molecular flexibility index (Phi) is 5.32. The maximum Gasteiger partial charge on any atom is 0.267 e. The second-order valence-electron chi connectivity index (χ2n) is 7.34. The summed E-state index contributed by atoms with van der Waals surface area (Å²) in [5, 5.41) is 7.61. The third-order valence-corrected chi connectivity index (χ3v) is 5.38. The number of nitrogens with zero attached hydrogens (tertiary/aromatic N) is 2. The van der Waals surface area contributed by atoms with Crippen molar-refractivity contribution >= 4 is 5.91 Å². The molecule has 2 aromatic rings. The van der Waals surface area contributed by atoms with Gasteiger partial charge in [0.25, 0.3) is 11.5 Å². The Morgan fingerprint density at radius 1 is 1.18 bits per heavy atom. The van der Waals surface area contributed by atoms with Gasteiger partial charge in [0.05, 0.1) is 12.2 Å². The molecule has 0 fully saturated rings. The van der Waals surface area contributed by atoms with Gasteiger partial charge in [0, 0.05) is 17.7 Å². The van der Waals surface area contributed by atoms with Crippen LogP contribution in [0.2, 0.25) is 0 Å². The molecule has 148 valence electrons. The Bertz CT molecular complexity index is 938. The summed E-state index contributed by atoms with van der Waals surface area (Å²) in [4.78, 5) is 25.1. The van der Waals surface area contributed by atoms with Gasteiger partial charge in [0.2, 0.25) is 6.79 Å². The Hall–Kier alpha value is -2.83. The van der Waals surface area contributed by atoms with E-state index < -0.39 is 0 Å². The minimum Gasteiger partial charge on any atom is -0.454 e. The molecule has 7 nitrogen and oxygen atoms in total. The highest BCUT2D eigenvalue weighted by atomic mass is 16.7. The van der Waals surface area contributed by atoms with E-state index in [-0.39, 0.29) is 24.3 Å². The quantitative estimate of drug-likeness (QED) is 0.802. The van der Waals surface area contributed by atoms with E-state index in [9.17, 15) is 9.59 Å². The highest BCUT2D eigenvalue weighted by molar-refractivity contribution is 5.95. The topological polar surface area (TPSA) is 82.5 Å². The zero-order valence-electron chi connectivity index (χ0n) is 16.1. The predicted octanol–water partition coefficient (Wildman–Crippen LogP) is 2.45. The van der Waals surface area contributed by atoms with Crippen LogP contribution >= 0.6 is 0 Å². The Morgan fingerprint density at radius 2 is 2.00 bits per heavy atom. The van der Waals surface area contributed by atoms with E-state index in [1.54, 1.807) is 24.3 Å². The fraction of sp³-hybridized carbons (Fsp3) is 0.476. The number of aryl methyl sites for hydroxylation is 2. The van der Waals surface area contributed by atoms with Crippen LogP contribution in [0.3, 0.4) is 0 Å². The van der Waals surface area contributed by atoms with Crippen molar-refractivity contribution in [3.05, 3.63) is 51.4 Å². The van der Waals surface area contributed by atoms with Crippen molar-refractivity contribution in [1.82, 2.24) is 15.1 Å². The minimum absolute atomic E-state index is 0.101. The fourth-order valence-corrected chi connectivity index (χ4v) is 3.70. The number of carbonyl (C=O) groups excluding carboxylic acids is 1. The number of aromatic nitrogens is 2. The smallest absolute Gasteiger partial charge is 0.267 e. The number of benzene rings is 1. The number of nitrogens with one attached hydrogen (secondary N) is 1. The zero-order chi connectivity index (χ0) is 19.5. The van der Waals surface area contributed by atoms with Crippen molar-refractivity contribution in [3.63, 3.8) is 0 Å². The van der Waals surface area contributed by atoms with Gasteiger partial charge in [0.15, 0.2) is 11.5 Å². The van der Waals surface area contributed by atoms with E-state index in [2.05, 4.69) is 10.4 Å². The van der Waals surface area contributed by atoms with Gasteiger partial charge >= 0.3 is 0 Å². The number of hydrogen-bond acceptors (Lipinski definition) is 5. The molecule has 1 atom stereocenters. The van der Waals surface area contributed by atoms with E-state index in [1.807, 2.05) is 6.92 Å². The lowest BCUT2D eigenvalue weighted by atomic mass is 10.1. The number of carbonyl (C=O) groups is 1. The number of amides is 1. The van der Waals surface area contributed by atoms with Crippen LogP contribution in [0.4, 0.5) is 0 Å². The molecule has 7 heteroatoms. The Morgan fingerprint density at radius 3 is 2.86 bits per heavy atom. The molecule has 4 rings (SSSR count). The molecule has 1 aromatic heterocycles. The second kappa shape index (κ2) is 8.04. The van der Waals surface area contributed by atoms with Gasteiger partial charge in [-0.15, -0.1) is 0 Å². The molecule has 0 spiro atoms. The van der Waals surface area contributed by atoms with Crippen LogP contribution < -0.4 is 20.3 Å².